The average molecular weight is 281 g/mol. The third-order valence-electron chi connectivity index (χ3n) is 4.04. The number of nitrogens with zero attached hydrogens (tertiary/aromatic N) is 1. The maximum atomic E-state index is 12.6. The van der Waals surface area contributed by atoms with Crippen LogP contribution in [0.1, 0.15) is 33.1 Å². The summed E-state index contributed by atoms with van der Waals surface area (Å²) in [6.45, 7) is 7.16. The van der Waals surface area contributed by atoms with Gasteiger partial charge in [-0.1, -0.05) is 0 Å². The van der Waals surface area contributed by atoms with Gasteiger partial charge < -0.3 is 19.1 Å². The Morgan fingerprint density at radius 2 is 2.15 bits per heavy atom. The van der Waals surface area contributed by atoms with Gasteiger partial charge in [-0.2, -0.15) is 0 Å². The van der Waals surface area contributed by atoms with Gasteiger partial charge in [0.05, 0.1) is 25.4 Å². The minimum absolute atomic E-state index is 0.00708. The van der Waals surface area contributed by atoms with E-state index in [4.69, 9.17) is 14.2 Å². The second-order valence-electron chi connectivity index (χ2n) is 6.57. The molecule has 112 valence electrons. The van der Waals surface area contributed by atoms with Crippen molar-refractivity contribution in [3.05, 3.63) is 11.8 Å². The molecule has 0 radical (unpaired) electrons. The first-order valence-corrected chi connectivity index (χ1v) is 7.40. The van der Waals surface area contributed by atoms with Crippen LogP contribution in [0.2, 0.25) is 0 Å². The summed E-state index contributed by atoms with van der Waals surface area (Å²) in [4.78, 5) is 14.5. The van der Waals surface area contributed by atoms with E-state index < -0.39 is 0 Å². The van der Waals surface area contributed by atoms with Crippen LogP contribution in [0.3, 0.4) is 0 Å². The number of rotatable bonds is 1. The highest BCUT2D eigenvalue weighted by Gasteiger charge is 2.48. The van der Waals surface area contributed by atoms with Crippen LogP contribution in [-0.4, -0.2) is 54.9 Å². The van der Waals surface area contributed by atoms with E-state index in [0.29, 0.717) is 38.7 Å². The number of hydrogen-bond donors (Lipinski definition) is 0. The van der Waals surface area contributed by atoms with Gasteiger partial charge >= 0.3 is 0 Å². The first kappa shape index (κ1) is 13.9. The molecule has 0 aromatic heterocycles. The molecule has 0 bridgehead atoms. The van der Waals surface area contributed by atoms with Crippen molar-refractivity contribution in [1.29, 1.82) is 0 Å². The Morgan fingerprint density at radius 3 is 2.80 bits per heavy atom. The van der Waals surface area contributed by atoms with Crippen molar-refractivity contribution in [1.82, 2.24) is 4.90 Å². The Balaban J connectivity index is 1.78. The number of amides is 1. The summed E-state index contributed by atoms with van der Waals surface area (Å²) in [5.74, 6) is 0.496. The summed E-state index contributed by atoms with van der Waals surface area (Å²) >= 11 is 0. The molecule has 1 spiro atoms. The molecule has 5 heteroatoms. The second-order valence-corrected chi connectivity index (χ2v) is 6.57. The summed E-state index contributed by atoms with van der Waals surface area (Å²) in [6.07, 6.45) is 4.67. The molecule has 1 unspecified atom stereocenters. The Morgan fingerprint density at radius 1 is 1.30 bits per heavy atom. The Labute approximate surface area is 119 Å². The SMILES string of the molecule is CC1(C)CN(C(=O)C2=CCCCO2)CC2(CCOC2)O1. The average Bonchev–Trinajstić information content (AvgIpc) is 2.84. The number of ether oxygens (including phenoxy) is 3. The van der Waals surface area contributed by atoms with Crippen molar-refractivity contribution in [2.75, 3.05) is 32.9 Å². The molecule has 0 saturated carbocycles. The highest BCUT2D eigenvalue weighted by Crippen LogP contribution is 2.35. The zero-order valence-corrected chi connectivity index (χ0v) is 12.3. The van der Waals surface area contributed by atoms with Crippen LogP contribution in [0.5, 0.6) is 0 Å². The van der Waals surface area contributed by atoms with Crippen molar-refractivity contribution < 1.29 is 19.0 Å². The van der Waals surface area contributed by atoms with Crippen LogP contribution in [0, 0.1) is 0 Å². The van der Waals surface area contributed by atoms with Crippen molar-refractivity contribution in [2.45, 2.75) is 44.3 Å². The summed E-state index contributed by atoms with van der Waals surface area (Å²) in [7, 11) is 0. The van der Waals surface area contributed by atoms with Crippen LogP contribution in [0.4, 0.5) is 0 Å². The van der Waals surface area contributed by atoms with Crippen LogP contribution >= 0.6 is 0 Å². The molecular weight excluding hydrogens is 258 g/mol. The quantitative estimate of drug-likeness (QED) is 0.730. The number of hydrogen-bond acceptors (Lipinski definition) is 4. The third-order valence-corrected chi connectivity index (χ3v) is 4.04. The monoisotopic (exact) mass is 281 g/mol. The molecule has 2 fully saturated rings. The molecule has 1 atom stereocenters. The lowest BCUT2D eigenvalue weighted by molar-refractivity contribution is -0.199. The maximum Gasteiger partial charge on any atom is 0.288 e. The van der Waals surface area contributed by atoms with E-state index in [-0.39, 0.29) is 17.1 Å². The first-order valence-electron chi connectivity index (χ1n) is 7.40. The van der Waals surface area contributed by atoms with Crippen molar-refractivity contribution in [3.63, 3.8) is 0 Å². The summed E-state index contributed by atoms with van der Waals surface area (Å²) < 4.78 is 17.2. The fourth-order valence-corrected chi connectivity index (χ4v) is 3.31. The second kappa shape index (κ2) is 5.04. The number of carbonyl (C=O) groups is 1. The minimum atomic E-state index is -0.350. The van der Waals surface area contributed by atoms with E-state index in [0.717, 1.165) is 19.3 Å². The third kappa shape index (κ3) is 2.69. The Hall–Kier alpha value is -1.07. The zero-order chi connectivity index (χ0) is 14.2. The van der Waals surface area contributed by atoms with Gasteiger partial charge in [0, 0.05) is 19.6 Å². The van der Waals surface area contributed by atoms with Gasteiger partial charge in [0.2, 0.25) is 0 Å². The lowest BCUT2D eigenvalue weighted by Crippen LogP contribution is -2.61. The van der Waals surface area contributed by atoms with Crippen LogP contribution in [0.25, 0.3) is 0 Å². The highest BCUT2D eigenvalue weighted by molar-refractivity contribution is 5.91. The van der Waals surface area contributed by atoms with E-state index in [1.54, 1.807) is 0 Å². The van der Waals surface area contributed by atoms with Crippen LogP contribution in [-0.2, 0) is 19.0 Å². The van der Waals surface area contributed by atoms with Gasteiger partial charge in [-0.05, 0) is 32.8 Å². The molecule has 20 heavy (non-hydrogen) atoms. The Kier molecular flexibility index (Phi) is 3.50. The summed E-state index contributed by atoms with van der Waals surface area (Å²) in [6, 6.07) is 0. The predicted octanol–water partition coefficient (Wildman–Crippen LogP) is 1.48. The molecule has 0 aliphatic carbocycles. The van der Waals surface area contributed by atoms with E-state index in [9.17, 15) is 4.79 Å². The molecule has 3 rings (SSSR count). The summed E-state index contributed by atoms with van der Waals surface area (Å²) in [5.41, 5.74) is -0.691. The number of morpholine rings is 1. The summed E-state index contributed by atoms with van der Waals surface area (Å²) in [5, 5.41) is 0. The molecular formula is C15H23NO4. The van der Waals surface area contributed by atoms with Crippen molar-refractivity contribution in [2.24, 2.45) is 0 Å². The zero-order valence-electron chi connectivity index (χ0n) is 12.3. The number of allylic oxidation sites excluding steroid dienone is 1. The van der Waals surface area contributed by atoms with Crippen LogP contribution in [0.15, 0.2) is 11.8 Å². The number of carbonyl (C=O) groups excluding carboxylic acids is 1. The molecule has 0 aromatic carbocycles. The van der Waals surface area contributed by atoms with Gasteiger partial charge in [-0.3, -0.25) is 4.79 Å². The molecule has 3 aliphatic rings. The van der Waals surface area contributed by atoms with Crippen LogP contribution < -0.4 is 0 Å². The molecule has 5 nitrogen and oxygen atoms in total. The minimum Gasteiger partial charge on any atom is -0.488 e. The lowest BCUT2D eigenvalue weighted by Gasteiger charge is -2.48. The molecule has 1 amide bonds. The van der Waals surface area contributed by atoms with Gasteiger partial charge in [0.15, 0.2) is 5.76 Å². The van der Waals surface area contributed by atoms with Gasteiger partial charge in [-0.15, -0.1) is 0 Å². The van der Waals surface area contributed by atoms with E-state index in [1.807, 2.05) is 24.8 Å². The van der Waals surface area contributed by atoms with E-state index in [1.165, 1.54) is 0 Å². The fourth-order valence-electron chi connectivity index (χ4n) is 3.31. The molecule has 2 saturated heterocycles. The first-order chi connectivity index (χ1) is 9.50. The molecule has 3 aliphatic heterocycles. The maximum absolute atomic E-state index is 12.6. The van der Waals surface area contributed by atoms with E-state index >= 15 is 0 Å². The van der Waals surface area contributed by atoms with Crippen molar-refractivity contribution >= 4 is 5.91 Å². The smallest absolute Gasteiger partial charge is 0.288 e. The predicted molar refractivity (Wildman–Crippen MR) is 73.2 cm³/mol. The highest BCUT2D eigenvalue weighted by atomic mass is 16.6. The topological polar surface area (TPSA) is 48.0 Å². The molecule has 0 N–H and O–H groups in total. The normalized spacial score (nSPS) is 32.9. The van der Waals surface area contributed by atoms with E-state index in [2.05, 4.69) is 0 Å². The fraction of sp³-hybridized carbons (Fsp3) is 0.800. The van der Waals surface area contributed by atoms with Crippen molar-refractivity contribution in [3.8, 4) is 0 Å². The van der Waals surface area contributed by atoms with Gasteiger partial charge in [0.1, 0.15) is 5.60 Å². The largest absolute Gasteiger partial charge is 0.488 e. The standard InChI is InChI=1S/C15H23NO4/c1-14(2)9-16(10-15(20-14)6-8-18-11-15)13(17)12-5-3-4-7-19-12/h5H,3-4,6-11H2,1-2H3. The molecule has 3 heterocycles. The Bertz CT molecular complexity index is 424. The van der Waals surface area contributed by atoms with Gasteiger partial charge in [0.25, 0.3) is 5.91 Å². The van der Waals surface area contributed by atoms with Gasteiger partial charge in [-0.25, -0.2) is 0 Å². The lowest BCUT2D eigenvalue weighted by atomic mass is 9.94. The molecule has 0 aromatic rings.